The van der Waals surface area contributed by atoms with Crippen molar-refractivity contribution in [1.29, 1.82) is 0 Å². The number of rotatable bonds is 6. The van der Waals surface area contributed by atoms with Crippen molar-refractivity contribution in [3.8, 4) is 0 Å². The fourth-order valence-electron chi connectivity index (χ4n) is 1.47. The van der Waals surface area contributed by atoms with Crippen LogP contribution in [0.5, 0.6) is 0 Å². The van der Waals surface area contributed by atoms with Crippen molar-refractivity contribution in [3.05, 3.63) is 23.3 Å². The number of aldehydes is 1. The third-order valence-electron chi connectivity index (χ3n) is 2.11. The minimum absolute atomic E-state index is 0.734. The van der Waals surface area contributed by atoms with Gasteiger partial charge in [-0.1, -0.05) is 31.1 Å². The van der Waals surface area contributed by atoms with Gasteiger partial charge in [0.1, 0.15) is 6.29 Å². The molecule has 0 aromatic rings. The maximum Gasteiger partial charge on any atom is 0.142 e. The molecule has 0 unspecified atom stereocenters. The first-order chi connectivity index (χ1) is 6.56. The summed E-state index contributed by atoms with van der Waals surface area (Å²) in [5, 5.41) is 0. The van der Waals surface area contributed by atoms with Crippen LogP contribution < -0.4 is 0 Å². The highest BCUT2D eigenvalue weighted by atomic mass is 16.1. The van der Waals surface area contributed by atoms with Gasteiger partial charge in [0.05, 0.1) is 0 Å². The zero-order valence-corrected chi connectivity index (χ0v) is 9.84. The highest BCUT2D eigenvalue weighted by Crippen LogP contribution is 2.12. The Balaban J connectivity index is 3.81. The second-order valence-corrected chi connectivity index (χ2v) is 4.34. The second-order valence-electron chi connectivity index (χ2n) is 4.34. The van der Waals surface area contributed by atoms with Gasteiger partial charge in [0.2, 0.25) is 0 Å². The quantitative estimate of drug-likeness (QED) is 0.356. The zero-order chi connectivity index (χ0) is 11.0. The summed E-state index contributed by atoms with van der Waals surface area (Å²) in [6.45, 7) is 8.64. The van der Waals surface area contributed by atoms with Gasteiger partial charge in [0.15, 0.2) is 0 Å². The fourth-order valence-corrected chi connectivity index (χ4v) is 1.47. The van der Waals surface area contributed by atoms with Crippen molar-refractivity contribution in [2.24, 2.45) is 5.92 Å². The average Bonchev–Trinajstić information content (AvgIpc) is 2.02. The monoisotopic (exact) mass is 194 g/mol. The van der Waals surface area contributed by atoms with Gasteiger partial charge in [-0.2, -0.15) is 0 Å². The van der Waals surface area contributed by atoms with Crippen LogP contribution in [0.15, 0.2) is 23.3 Å². The molecule has 0 saturated carbocycles. The van der Waals surface area contributed by atoms with E-state index in [0.717, 1.165) is 30.6 Å². The Bertz CT molecular complexity index is 221. The predicted molar refractivity (Wildman–Crippen MR) is 62.3 cm³/mol. The van der Waals surface area contributed by atoms with E-state index in [9.17, 15) is 4.79 Å². The molecule has 1 heteroatoms. The first kappa shape index (κ1) is 13.2. The molecule has 0 aliphatic heterocycles. The van der Waals surface area contributed by atoms with E-state index in [0.29, 0.717) is 0 Å². The fraction of sp³-hybridized carbons (Fsp3) is 0.615. The second kappa shape index (κ2) is 7.54. The standard InChI is InChI=1S/C13H22O/c1-11(2)10-13(4)7-5-6-12(3)8-9-14/h7-9,11H,5-6,10H2,1-4H3/b12-8+,13-7+. The highest BCUT2D eigenvalue weighted by Gasteiger charge is 1.95. The van der Waals surface area contributed by atoms with Crippen molar-refractivity contribution < 1.29 is 4.79 Å². The lowest BCUT2D eigenvalue weighted by Crippen LogP contribution is -1.88. The Labute approximate surface area is 87.9 Å². The van der Waals surface area contributed by atoms with Crippen LogP contribution in [0.1, 0.15) is 47.0 Å². The Hall–Kier alpha value is -0.850. The van der Waals surface area contributed by atoms with E-state index in [1.807, 2.05) is 6.92 Å². The van der Waals surface area contributed by atoms with Crippen LogP contribution in [0.2, 0.25) is 0 Å². The van der Waals surface area contributed by atoms with E-state index < -0.39 is 0 Å². The summed E-state index contributed by atoms with van der Waals surface area (Å²) in [5.41, 5.74) is 2.62. The molecule has 14 heavy (non-hydrogen) atoms. The molecule has 0 aromatic carbocycles. The SMILES string of the molecule is C/C(=C\C=O)CC/C=C(\C)CC(C)C. The van der Waals surface area contributed by atoms with Gasteiger partial charge >= 0.3 is 0 Å². The van der Waals surface area contributed by atoms with E-state index >= 15 is 0 Å². The maximum atomic E-state index is 10.2. The number of carbonyl (C=O) groups excluding carboxylic acids is 1. The van der Waals surface area contributed by atoms with Gasteiger partial charge in [0, 0.05) is 0 Å². The molecule has 0 aromatic heterocycles. The van der Waals surface area contributed by atoms with Crippen molar-refractivity contribution in [3.63, 3.8) is 0 Å². The first-order valence-corrected chi connectivity index (χ1v) is 5.32. The van der Waals surface area contributed by atoms with E-state index in [2.05, 4.69) is 26.8 Å². The summed E-state index contributed by atoms with van der Waals surface area (Å²) < 4.78 is 0. The Morgan fingerprint density at radius 3 is 2.36 bits per heavy atom. The molecule has 0 aliphatic rings. The van der Waals surface area contributed by atoms with Crippen LogP contribution in [0.4, 0.5) is 0 Å². The molecule has 0 heterocycles. The summed E-state index contributed by atoms with van der Waals surface area (Å²) >= 11 is 0. The van der Waals surface area contributed by atoms with Crippen LogP contribution in [-0.2, 0) is 4.79 Å². The normalized spacial score (nSPS) is 13.5. The van der Waals surface area contributed by atoms with Crippen LogP contribution in [0.3, 0.4) is 0 Å². The smallest absolute Gasteiger partial charge is 0.142 e. The molecule has 0 spiro atoms. The Morgan fingerprint density at radius 1 is 1.21 bits per heavy atom. The molecule has 0 fully saturated rings. The minimum Gasteiger partial charge on any atom is -0.299 e. The molecule has 0 amide bonds. The lowest BCUT2D eigenvalue weighted by molar-refractivity contribution is -0.104. The van der Waals surface area contributed by atoms with Crippen LogP contribution in [-0.4, -0.2) is 6.29 Å². The highest BCUT2D eigenvalue weighted by molar-refractivity contribution is 5.65. The third kappa shape index (κ3) is 7.78. The maximum absolute atomic E-state index is 10.2. The predicted octanol–water partition coefficient (Wildman–Crippen LogP) is 3.90. The first-order valence-electron chi connectivity index (χ1n) is 5.32. The third-order valence-corrected chi connectivity index (χ3v) is 2.11. The Morgan fingerprint density at radius 2 is 1.86 bits per heavy atom. The van der Waals surface area contributed by atoms with Gasteiger partial charge in [-0.25, -0.2) is 0 Å². The molecule has 0 atom stereocenters. The average molecular weight is 194 g/mol. The molecule has 0 rings (SSSR count). The van der Waals surface area contributed by atoms with Crippen molar-refractivity contribution in [2.75, 3.05) is 0 Å². The molecule has 80 valence electrons. The van der Waals surface area contributed by atoms with Crippen molar-refractivity contribution >= 4 is 6.29 Å². The van der Waals surface area contributed by atoms with Gasteiger partial charge in [-0.3, -0.25) is 4.79 Å². The number of allylic oxidation sites excluding steroid dienone is 4. The molecule has 0 bridgehead atoms. The molecule has 0 saturated heterocycles. The van der Waals surface area contributed by atoms with E-state index in [1.165, 1.54) is 12.0 Å². The minimum atomic E-state index is 0.734. The Kier molecular flexibility index (Phi) is 7.09. The van der Waals surface area contributed by atoms with Gasteiger partial charge in [-0.15, -0.1) is 0 Å². The lowest BCUT2D eigenvalue weighted by atomic mass is 10.0. The lowest BCUT2D eigenvalue weighted by Gasteiger charge is -2.04. The van der Waals surface area contributed by atoms with E-state index in [-0.39, 0.29) is 0 Å². The summed E-state index contributed by atoms with van der Waals surface area (Å²) in [4.78, 5) is 10.2. The number of carbonyl (C=O) groups is 1. The molecule has 0 radical (unpaired) electrons. The molecular weight excluding hydrogens is 172 g/mol. The summed E-state index contributed by atoms with van der Waals surface area (Å²) in [6.07, 6.45) is 8.01. The van der Waals surface area contributed by atoms with Crippen molar-refractivity contribution in [1.82, 2.24) is 0 Å². The number of hydrogen-bond donors (Lipinski definition) is 0. The van der Waals surface area contributed by atoms with Gasteiger partial charge < -0.3 is 0 Å². The van der Waals surface area contributed by atoms with E-state index in [1.54, 1.807) is 6.08 Å². The summed E-state index contributed by atoms with van der Waals surface area (Å²) in [7, 11) is 0. The van der Waals surface area contributed by atoms with Crippen LogP contribution >= 0.6 is 0 Å². The molecule has 1 nitrogen and oxygen atoms in total. The molecule has 0 N–H and O–H groups in total. The topological polar surface area (TPSA) is 17.1 Å². The van der Waals surface area contributed by atoms with E-state index in [4.69, 9.17) is 0 Å². The largest absolute Gasteiger partial charge is 0.299 e. The van der Waals surface area contributed by atoms with Crippen LogP contribution in [0, 0.1) is 5.92 Å². The van der Waals surface area contributed by atoms with Gasteiger partial charge in [-0.05, 0) is 45.1 Å². The summed E-state index contributed by atoms with van der Waals surface area (Å²) in [5.74, 6) is 0.734. The number of hydrogen-bond acceptors (Lipinski definition) is 1. The molecule has 0 aliphatic carbocycles. The molecular formula is C13H22O. The summed E-state index contributed by atoms with van der Waals surface area (Å²) in [6, 6.07) is 0. The van der Waals surface area contributed by atoms with Crippen LogP contribution in [0.25, 0.3) is 0 Å². The zero-order valence-electron chi connectivity index (χ0n) is 9.84. The van der Waals surface area contributed by atoms with Gasteiger partial charge in [0.25, 0.3) is 0 Å². The van der Waals surface area contributed by atoms with Crippen molar-refractivity contribution in [2.45, 2.75) is 47.0 Å².